The summed E-state index contributed by atoms with van der Waals surface area (Å²) >= 11 is 0. The molecule has 0 fully saturated rings. The average Bonchev–Trinajstić information content (AvgIpc) is 3.19. The zero-order chi connectivity index (χ0) is 21.2. The maximum absolute atomic E-state index is 12.6. The highest BCUT2D eigenvalue weighted by molar-refractivity contribution is 6.00. The summed E-state index contributed by atoms with van der Waals surface area (Å²) in [6, 6.07) is 21.3. The van der Waals surface area contributed by atoms with Gasteiger partial charge >= 0.3 is 5.97 Å². The van der Waals surface area contributed by atoms with E-state index in [-0.39, 0.29) is 12.4 Å². The second kappa shape index (κ2) is 7.95. The molecule has 3 aromatic carbocycles. The number of hydrogen-bond acceptors (Lipinski definition) is 5. The summed E-state index contributed by atoms with van der Waals surface area (Å²) in [6.45, 7) is -0.312. The molecule has 4 aromatic rings. The summed E-state index contributed by atoms with van der Waals surface area (Å²) in [5.41, 5.74) is 7.29. The number of para-hydroxylation sites is 2. The van der Waals surface area contributed by atoms with E-state index >= 15 is 0 Å². The van der Waals surface area contributed by atoms with Crippen LogP contribution in [-0.2, 0) is 16.0 Å². The Morgan fingerprint density at radius 3 is 2.58 bits per heavy atom. The first-order valence-electron chi connectivity index (χ1n) is 9.98. The van der Waals surface area contributed by atoms with E-state index in [0.717, 1.165) is 28.6 Å². The lowest BCUT2D eigenvalue weighted by molar-refractivity contribution is -0.136. The number of aromatic nitrogens is 2. The number of rotatable bonds is 5. The summed E-state index contributed by atoms with van der Waals surface area (Å²) in [5.74, 6) is -0.839. The lowest BCUT2D eigenvalue weighted by atomic mass is 10.0. The monoisotopic (exact) mass is 406 g/mol. The molecule has 1 heterocycles. The Bertz CT molecular complexity index is 1360. The second-order valence-electron chi connectivity index (χ2n) is 7.35. The molecule has 0 saturated heterocycles. The largest absolute Gasteiger partial charge is 0.454 e. The Morgan fingerprint density at radius 2 is 1.68 bits per heavy atom. The summed E-state index contributed by atoms with van der Waals surface area (Å²) in [5, 5.41) is 0. The van der Waals surface area contributed by atoms with Crippen molar-refractivity contribution in [3.8, 4) is 11.1 Å². The zero-order valence-electron chi connectivity index (χ0n) is 16.6. The number of esters is 1. The molecule has 1 aliphatic rings. The molecule has 0 spiro atoms. The van der Waals surface area contributed by atoms with E-state index in [4.69, 9.17) is 4.74 Å². The number of Topliss-reactive ketones (excluding diaryl/α,β-unsaturated/α-hetero) is 1. The molecule has 0 bridgehead atoms. The predicted molar refractivity (Wildman–Crippen MR) is 119 cm³/mol. The van der Waals surface area contributed by atoms with Gasteiger partial charge in [-0.3, -0.25) is 9.78 Å². The highest BCUT2D eigenvalue weighted by atomic mass is 16.5. The number of nitrogens with zero attached hydrogens (tertiary/aromatic N) is 2. The molecular formula is C26H18N2O3. The van der Waals surface area contributed by atoms with Gasteiger partial charge in [-0.25, -0.2) is 9.78 Å². The standard InChI is InChI=1S/C26H18N2O3/c29-25(19-10-9-18-13-17-5-1-2-6-21(17)22(18)14-19)16-31-26(30)12-11-20-15-27-23-7-3-4-8-24(23)28-20/h1-12,14-15H,13,16H2/b12-11+. The molecule has 0 unspecified atom stereocenters. The first-order valence-corrected chi connectivity index (χ1v) is 9.98. The first kappa shape index (κ1) is 18.9. The first-order chi connectivity index (χ1) is 15.2. The van der Waals surface area contributed by atoms with Gasteiger partial charge in [0.05, 0.1) is 22.9 Å². The number of fused-ring (bicyclic) bond motifs is 4. The van der Waals surface area contributed by atoms with Crippen LogP contribution in [0.1, 0.15) is 27.2 Å². The normalized spacial score (nSPS) is 12.0. The van der Waals surface area contributed by atoms with Crippen LogP contribution in [-0.4, -0.2) is 28.3 Å². The molecule has 0 amide bonds. The van der Waals surface area contributed by atoms with Crippen LogP contribution in [0.4, 0.5) is 0 Å². The van der Waals surface area contributed by atoms with Crippen LogP contribution in [0.15, 0.2) is 79.0 Å². The average molecular weight is 406 g/mol. The molecule has 0 atom stereocenters. The molecule has 1 aliphatic carbocycles. The number of carbonyl (C=O) groups excluding carboxylic acids is 2. The van der Waals surface area contributed by atoms with Gasteiger partial charge < -0.3 is 4.74 Å². The number of carbonyl (C=O) groups is 2. The van der Waals surface area contributed by atoms with E-state index in [1.165, 1.54) is 23.3 Å². The molecule has 5 rings (SSSR count). The third kappa shape index (κ3) is 3.85. The number of hydrogen-bond donors (Lipinski definition) is 0. The maximum atomic E-state index is 12.6. The SMILES string of the molecule is O=C(/C=C/c1cnc2ccccc2n1)OCC(=O)c1ccc2c(c1)-c1ccccc1C2. The van der Waals surface area contributed by atoms with Gasteiger partial charge in [-0.1, -0.05) is 48.5 Å². The fourth-order valence-electron chi connectivity index (χ4n) is 3.77. The summed E-state index contributed by atoms with van der Waals surface area (Å²) in [7, 11) is 0. The second-order valence-corrected chi connectivity index (χ2v) is 7.35. The van der Waals surface area contributed by atoms with E-state index in [9.17, 15) is 9.59 Å². The van der Waals surface area contributed by atoms with Gasteiger partial charge in [0.2, 0.25) is 0 Å². The van der Waals surface area contributed by atoms with Crippen LogP contribution >= 0.6 is 0 Å². The van der Waals surface area contributed by atoms with Gasteiger partial charge in [-0.15, -0.1) is 0 Å². The van der Waals surface area contributed by atoms with Crippen molar-refractivity contribution < 1.29 is 14.3 Å². The summed E-state index contributed by atoms with van der Waals surface area (Å²) in [6.07, 6.45) is 5.24. The van der Waals surface area contributed by atoms with E-state index in [2.05, 4.69) is 22.1 Å². The van der Waals surface area contributed by atoms with Crippen molar-refractivity contribution in [1.82, 2.24) is 9.97 Å². The van der Waals surface area contributed by atoms with Crippen molar-refractivity contribution in [3.05, 3.63) is 101 Å². The van der Waals surface area contributed by atoms with Crippen molar-refractivity contribution in [3.63, 3.8) is 0 Å². The third-order valence-electron chi connectivity index (χ3n) is 5.32. The Morgan fingerprint density at radius 1 is 0.903 bits per heavy atom. The van der Waals surface area contributed by atoms with Crippen molar-refractivity contribution in [2.45, 2.75) is 6.42 Å². The van der Waals surface area contributed by atoms with Gasteiger partial charge in [0.15, 0.2) is 12.4 Å². The predicted octanol–water partition coefficient (Wildman–Crippen LogP) is 4.64. The molecule has 150 valence electrons. The lowest BCUT2D eigenvalue weighted by Gasteiger charge is -2.06. The van der Waals surface area contributed by atoms with E-state index in [1.807, 2.05) is 48.5 Å². The quantitative estimate of drug-likeness (QED) is 0.242. The summed E-state index contributed by atoms with van der Waals surface area (Å²) in [4.78, 5) is 33.3. The van der Waals surface area contributed by atoms with Gasteiger partial charge in [0.25, 0.3) is 0 Å². The minimum atomic E-state index is -0.602. The Balaban J connectivity index is 1.23. The highest BCUT2D eigenvalue weighted by Gasteiger charge is 2.19. The van der Waals surface area contributed by atoms with Gasteiger partial charge in [0.1, 0.15) is 0 Å². The lowest BCUT2D eigenvalue weighted by Crippen LogP contribution is -2.12. The van der Waals surface area contributed by atoms with Crippen LogP contribution in [0.25, 0.3) is 28.2 Å². The molecule has 0 radical (unpaired) electrons. The molecule has 5 heteroatoms. The Hall–Kier alpha value is -4.12. The minimum Gasteiger partial charge on any atom is -0.454 e. The summed E-state index contributed by atoms with van der Waals surface area (Å²) < 4.78 is 5.13. The Labute approximate surface area is 179 Å². The number of ether oxygens (including phenoxy) is 1. The molecule has 0 saturated carbocycles. The van der Waals surface area contributed by atoms with Gasteiger partial charge in [-0.2, -0.15) is 0 Å². The number of ketones is 1. The van der Waals surface area contributed by atoms with Crippen LogP contribution in [0.5, 0.6) is 0 Å². The number of benzene rings is 3. The molecule has 0 aliphatic heterocycles. The van der Waals surface area contributed by atoms with E-state index in [1.54, 1.807) is 12.3 Å². The van der Waals surface area contributed by atoms with Gasteiger partial charge in [0, 0.05) is 11.6 Å². The maximum Gasteiger partial charge on any atom is 0.331 e. The molecular weight excluding hydrogens is 388 g/mol. The highest BCUT2D eigenvalue weighted by Crippen LogP contribution is 2.36. The van der Waals surface area contributed by atoms with Crippen molar-refractivity contribution in [1.29, 1.82) is 0 Å². The molecule has 31 heavy (non-hydrogen) atoms. The zero-order valence-corrected chi connectivity index (χ0v) is 16.6. The third-order valence-corrected chi connectivity index (χ3v) is 5.32. The fourth-order valence-corrected chi connectivity index (χ4v) is 3.77. The van der Waals surface area contributed by atoms with E-state index < -0.39 is 5.97 Å². The van der Waals surface area contributed by atoms with Crippen molar-refractivity contribution in [2.24, 2.45) is 0 Å². The van der Waals surface area contributed by atoms with Gasteiger partial charge in [-0.05, 0) is 52.9 Å². The van der Waals surface area contributed by atoms with Crippen LogP contribution < -0.4 is 0 Å². The van der Waals surface area contributed by atoms with Crippen LogP contribution in [0.3, 0.4) is 0 Å². The van der Waals surface area contributed by atoms with Crippen LogP contribution in [0.2, 0.25) is 0 Å². The Kier molecular flexibility index (Phi) is 4.84. The van der Waals surface area contributed by atoms with Crippen molar-refractivity contribution >= 4 is 28.9 Å². The minimum absolute atomic E-state index is 0.237. The van der Waals surface area contributed by atoms with Crippen LogP contribution in [0, 0.1) is 0 Å². The fraction of sp³-hybridized carbons (Fsp3) is 0.0769. The molecule has 0 N–H and O–H groups in total. The molecule has 5 nitrogen and oxygen atoms in total. The van der Waals surface area contributed by atoms with Crippen molar-refractivity contribution in [2.75, 3.05) is 6.61 Å². The van der Waals surface area contributed by atoms with E-state index in [0.29, 0.717) is 11.3 Å². The smallest absolute Gasteiger partial charge is 0.331 e. The topological polar surface area (TPSA) is 69.2 Å². The molecule has 1 aromatic heterocycles.